The molecule has 0 saturated heterocycles. The highest BCUT2D eigenvalue weighted by Crippen LogP contribution is 2.25. The number of aromatic nitrogens is 1. The molecule has 1 heterocycles. The van der Waals surface area contributed by atoms with E-state index in [1.165, 1.54) is 6.07 Å². The molecule has 0 aliphatic rings. The van der Waals surface area contributed by atoms with Crippen molar-refractivity contribution in [3.63, 3.8) is 0 Å². The minimum absolute atomic E-state index is 0.0268. The van der Waals surface area contributed by atoms with E-state index >= 15 is 0 Å². The smallest absolute Gasteiger partial charge is 0.364 e. The topological polar surface area (TPSA) is 68.1 Å². The van der Waals surface area contributed by atoms with Gasteiger partial charge < -0.3 is 5.32 Å². The normalized spacial score (nSPS) is 11.3. The third-order valence-corrected chi connectivity index (χ3v) is 2.18. The number of pyridine rings is 1. The molecule has 100 valence electrons. The van der Waals surface area contributed by atoms with Crippen molar-refractivity contribution in [1.29, 1.82) is 0 Å². The number of rotatable bonds is 5. The lowest BCUT2D eigenvalue weighted by atomic mass is 10.3. The Morgan fingerprint density at radius 1 is 1.44 bits per heavy atom. The molecule has 18 heavy (non-hydrogen) atoms. The first-order valence-corrected chi connectivity index (χ1v) is 5.29. The number of alkyl halides is 3. The largest absolute Gasteiger partial charge is 0.389 e. The monoisotopic (exact) mass is 283 g/mol. The Balaban J connectivity index is 2.61. The number of hydrogen-bond donors (Lipinski definition) is 1. The summed E-state index contributed by atoms with van der Waals surface area (Å²) in [5.41, 5.74) is -0.327. The van der Waals surface area contributed by atoms with E-state index in [-0.39, 0.29) is 29.6 Å². The average Bonchev–Trinajstić information content (AvgIpc) is 2.22. The highest BCUT2D eigenvalue weighted by Gasteiger charge is 2.26. The van der Waals surface area contributed by atoms with Crippen molar-refractivity contribution in [2.24, 2.45) is 0 Å². The van der Waals surface area contributed by atoms with Crippen molar-refractivity contribution >= 4 is 23.1 Å². The van der Waals surface area contributed by atoms with Crippen LogP contribution in [0.1, 0.15) is 12.8 Å². The van der Waals surface area contributed by atoms with E-state index < -0.39 is 17.5 Å². The van der Waals surface area contributed by atoms with Gasteiger partial charge in [0.15, 0.2) is 0 Å². The van der Waals surface area contributed by atoms with E-state index in [1.807, 2.05) is 0 Å². The van der Waals surface area contributed by atoms with Crippen molar-refractivity contribution in [2.75, 3.05) is 11.9 Å². The fourth-order valence-corrected chi connectivity index (χ4v) is 1.35. The molecule has 0 aromatic carbocycles. The van der Waals surface area contributed by atoms with Gasteiger partial charge in [-0.3, -0.25) is 10.1 Å². The first-order chi connectivity index (χ1) is 8.29. The standard InChI is InChI=1S/C9H9ClF3N3O2/c10-7-3-2-6(16(17)18)8(15-7)14-5-1-4-9(11,12)13/h2-3H,1,4-5H2,(H,14,15). The summed E-state index contributed by atoms with van der Waals surface area (Å²) in [6.45, 7) is -0.0757. The SMILES string of the molecule is O=[N+]([O-])c1ccc(Cl)nc1NCCCC(F)(F)F. The van der Waals surface area contributed by atoms with Crippen molar-refractivity contribution in [2.45, 2.75) is 19.0 Å². The molecule has 5 nitrogen and oxygen atoms in total. The molecule has 0 unspecified atom stereocenters. The van der Waals surface area contributed by atoms with Gasteiger partial charge in [0.05, 0.1) is 4.92 Å². The van der Waals surface area contributed by atoms with Crippen LogP contribution < -0.4 is 5.32 Å². The number of halogens is 4. The van der Waals surface area contributed by atoms with Crippen LogP contribution in [0.4, 0.5) is 24.7 Å². The van der Waals surface area contributed by atoms with Gasteiger partial charge in [-0.2, -0.15) is 13.2 Å². The number of hydrogen-bond acceptors (Lipinski definition) is 4. The summed E-state index contributed by atoms with van der Waals surface area (Å²) in [7, 11) is 0. The second-order valence-electron chi connectivity index (χ2n) is 3.40. The van der Waals surface area contributed by atoms with E-state index in [9.17, 15) is 23.3 Å². The van der Waals surface area contributed by atoms with Gasteiger partial charge in [0, 0.05) is 19.0 Å². The Morgan fingerprint density at radius 2 is 2.11 bits per heavy atom. The lowest BCUT2D eigenvalue weighted by Crippen LogP contribution is -2.12. The molecule has 0 bridgehead atoms. The van der Waals surface area contributed by atoms with Crippen molar-refractivity contribution in [1.82, 2.24) is 4.98 Å². The fraction of sp³-hybridized carbons (Fsp3) is 0.444. The highest BCUT2D eigenvalue weighted by molar-refractivity contribution is 6.29. The third-order valence-electron chi connectivity index (χ3n) is 1.97. The van der Waals surface area contributed by atoms with Gasteiger partial charge in [-0.15, -0.1) is 0 Å². The van der Waals surface area contributed by atoms with Gasteiger partial charge in [-0.1, -0.05) is 11.6 Å². The molecule has 1 rings (SSSR count). The molecule has 1 N–H and O–H groups in total. The van der Waals surface area contributed by atoms with Crippen LogP contribution in [0, 0.1) is 10.1 Å². The van der Waals surface area contributed by atoms with Crippen LogP contribution in [0.25, 0.3) is 0 Å². The average molecular weight is 284 g/mol. The first kappa shape index (κ1) is 14.5. The molecular weight excluding hydrogens is 275 g/mol. The fourth-order valence-electron chi connectivity index (χ4n) is 1.20. The first-order valence-electron chi connectivity index (χ1n) is 4.91. The number of nitro groups is 1. The molecule has 0 atom stereocenters. The molecule has 1 aromatic rings. The molecule has 0 radical (unpaired) electrons. The Bertz CT molecular complexity index is 440. The highest BCUT2D eigenvalue weighted by atomic mass is 35.5. The summed E-state index contributed by atoms with van der Waals surface area (Å²) in [6, 6.07) is 2.38. The van der Waals surface area contributed by atoms with Crippen molar-refractivity contribution in [3.8, 4) is 0 Å². The van der Waals surface area contributed by atoms with Crippen molar-refractivity contribution in [3.05, 3.63) is 27.4 Å². The molecule has 0 amide bonds. The van der Waals surface area contributed by atoms with Gasteiger partial charge in [-0.05, 0) is 12.5 Å². The molecule has 9 heteroatoms. The van der Waals surface area contributed by atoms with Crippen LogP contribution in [0.15, 0.2) is 12.1 Å². The maximum absolute atomic E-state index is 11.9. The summed E-state index contributed by atoms with van der Waals surface area (Å²) in [6.07, 6.45) is -5.40. The third kappa shape index (κ3) is 4.74. The zero-order valence-corrected chi connectivity index (χ0v) is 9.75. The van der Waals surface area contributed by atoms with Gasteiger partial charge >= 0.3 is 11.9 Å². The molecule has 0 aliphatic carbocycles. The Labute approximate surface area is 105 Å². The predicted octanol–water partition coefficient (Wildman–Crippen LogP) is 3.40. The van der Waals surface area contributed by atoms with E-state index in [4.69, 9.17) is 11.6 Å². The van der Waals surface area contributed by atoms with Crippen molar-refractivity contribution < 1.29 is 18.1 Å². The quantitative estimate of drug-likeness (QED) is 0.389. The Hall–Kier alpha value is -1.57. The number of nitrogens with one attached hydrogen (secondary N) is 1. The molecule has 1 aromatic heterocycles. The lowest BCUT2D eigenvalue weighted by molar-refractivity contribution is -0.384. The van der Waals surface area contributed by atoms with Gasteiger partial charge in [0.25, 0.3) is 0 Å². The van der Waals surface area contributed by atoms with Gasteiger partial charge in [0.1, 0.15) is 5.15 Å². The minimum Gasteiger partial charge on any atom is -0.364 e. The second kappa shape index (κ2) is 5.85. The zero-order valence-electron chi connectivity index (χ0n) is 9.00. The van der Waals surface area contributed by atoms with E-state index in [1.54, 1.807) is 0 Å². The van der Waals surface area contributed by atoms with E-state index in [2.05, 4.69) is 10.3 Å². The molecule has 0 fully saturated rings. The molecule has 0 saturated carbocycles. The Morgan fingerprint density at radius 3 is 2.67 bits per heavy atom. The summed E-state index contributed by atoms with van der Waals surface area (Å²) < 4.78 is 35.6. The maximum Gasteiger partial charge on any atom is 0.389 e. The predicted molar refractivity (Wildman–Crippen MR) is 59.7 cm³/mol. The van der Waals surface area contributed by atoms with Crippen LogP contribution in [0.5, 0.6) is 0 Å². The summed E-state index contributed by atoms with van der Waals surface area (Å²) in [5.74, 6) is -0.130. The second-order valence-corrected chi connectivity index (χ2v) is 3.79. The van der Waals surface area contributed by atoms with Crippen LogP contribution in [0.3, 0.4) is 0 Å². The zero-order chi connectivity index (χ0) is 13.8. The minimum atomic E-state index is -4.24. The van der Waals surface area contributed by atoms with E-state index in [0.29, 0.717) is 0 Å². The van der Waals surface area contributed by atoms with Gasteiger partial charge in [-0.25, -0.2) is 4.98 Å². The molecule has 0 aliphatic heterocycles. The van der Waals surface area contributed by atoms with E-state index in [0.717, 1.165) is 6.07 Å². The van der Waals surface area contributed by atoms with Crippen LogP contribution in [-0.2, 0) is 0 Å². The lowest BCUT2D eigenvalue weighted by Gasteiger charge is -2.08. The van der Waals surface area contributed by atoms with Gasteiger partial charge in [0.2, 0.25) is 5.82 Å². The molecular formula is C9H9ClF3N3O2. The van der Waals surface area contributed by atoms with Crippen LogP contribution in [0.2, 0.25) is 5.15 Å². The maximum atomic E-state index is 11.9. The summed E-state index contributed by atoms with van der Waals surface area (Å²) in [5, 5.41) is 13.1. The summed E-state index contributed by atoms with van der Waals surface area (Å²) >= 11 is 5.55. The number of nitrogens with zero attached hydrogens (tertiary/aromatic N) is 2. The number of anilines is 1. The Kier molecular flexibility index (Phi) is 4.71. The van der Waals surface area contributed by atoms with Crippen LogP contribution >= 0.6 is 11.6 Å². The van der Waals surface area contributed by atoms with Crippen LogP contribution in [-0.4, -0.2) is 22.6 Å². The summed E-state index contributed by atoms with van der Waals surface area (Å²) in [4.78, 5) is 13.6. The molecule has 0 spiro atoms.